The highest BCUT2D eigenvalue weighted by molar-refractivity contribution is 7.71. The summed E-state index contributed by atoms with van der Waals surface area (Å²) in [6.45, 7) is 2.53. The van der Waals surface area contributed by atoms with Crippen molar-refractivity contribution in [2.75, 3.05) is 6.61 Å². The number of benzene rings is 2. The molecule has 0 aliphatic rings. The third kappa shape index (κ3) is 3.41. The Kier molecular flexibility index (Phi) is 4.81. The highest BCUT2D eigenvalue weighted by Gasteiger charge is 2.08. The second-order valence-electron chi connectivity index (χ2n) is 4.89. The summed E-state index contributed by atoms with van der Waals surface area (Å²) in [5, 5.41) is 11.2. The van der Waals surface area contributed by atoms with Gasteiger partial charge in [0.15, 0.2) is 5.82 Å². The van der Waals surface area contributed by atoms with E-state index < -0.39 is 0 Å². The Bertz CT molecular complexity index is 915. The summed E-state index contributed by atoms with van der Waals surface area (Å²) in [6, 6.07) is 13.8. The fourth-order valence-electron chi connectivity index (χ4n) is 2.15. The van der Waals surface area contributed by atoms with Crippen molar-refractivity contribution in [3.05, 3.63) is 64.7 Å². The molecule has 0 saturated heterocycles. The Morgan fingerprint density at radius 3 is 2.71 bits per heavy atom. The first-order chi connectivity index (χ1) is 11.7. The van der Waals surface area contributed by atoms with Crippen LogP contribution in [0.5, 0.6) is 5.75 Å². The Balaban J connectivity index is 1.94. The van der Waals surface area contributed by atoms with Gasteiger partial charge in [-0.05, 0) is 49.5 Å². The monoisotopic (exact) mass is 342 g/mol. The molecule has 3 aromatic rings. The molecule has 1 heterocycles. The third-order valence-electron chi connectivity index (χ3n) is 3.29. The number of H-pyrrole nitrogens is 1. The molecule has 1 aromatic heterocycles. The maximum absolute atomic E-state index is 13.7. The van der Waals surface area contributed by atoms with Gasteiger partial charge in [0.2, 0.25) is 4.77 Å². The maximum atomic E-state index is 13.7. The highest BCUT2D eigenvalue weighted by Crippen LogP contribution is 2.21. The van der Waals surface area contributed by atoms with Crippen molar-refractivity contribution in [2.45, 2.75) is 6.92 Å². The first-order valence-electron chi connectivity index (χ1n) is 7.38. The average molecular weight is 342 g/mol. The summed E-state index contributed by atoms with van der Waals surface area (Å²) in [5.41, 5.74) is 1.19. The van der Waals surface area contributed by atoms with Crippen LogP contribution in [-0.2, 0) is 0 Å². The molecule has 0 atom stereocenters. The predicted octanol–water partition coefficient (Wildman–Crippen LogP) is 4.03. The van der Waals surface area contributed by atoms with Crippen molar-refractivity contribution in [1.82, 2.24) is 14.9 Å². The Labute approximate surface area is 143 Å². The smallest absolute Gasteiger partial charge is 0.216 e. The van der Waals surface area contributed by atoms with E-state index in [-0.39, 0.29) is 5.82 Å². The van der Waals surface area contributed by atoms with Crippen molar-refractivity contribution in [3.63, 3.8) is 0 Å². The summed E-state index contributed by atoms with van der Waals surface area (Å²) in [4.78, 5) is 0. The van der Waals surface area contributed by atoms with Crippen molar-refractivity contribution in [3.8, 4) is 17.1 Å². The van der Waals surface area contributed by atoms with E-state index in [4.69, 9.17) is 17.0 Å². The van der Waals surface area contributed by atoms with Gasteiger partial charge in [-0.3, -0.25) is 0 Å². The molecular formula is C17H15FN4OS. The van der Waals surface area contributed by atoms with Crippen molar-refractivity contribution in [2.24, 2.45) is 5.10 Å². The Morgan fingerprint density at radius 2 is 2.00 bits per heavy atom. The van der Waals surface area contributed by atoms with E-state index in [1.54, 1.807) is 18.2 Å². The van der Waals surface area contributed by atoms with Crippen molar-refractivity contribution >= 4 is 18.4 Å². The molecule has 0 aliphatic carbocycles. The minimum atomic E-state index is -0.348. The van der Waals surface area contributed by atoms with E-state index >= 15 is 0 Å². The molecule has 0 bridgehead atoms. The average Bonchev–Trinajstić information content (AvgIpc) is 2.96. The van der Waals surface area contributed by atoms with Gasteiger partial charge < -0.3 is 4.74 Å². The number of rotatable bonds is 5. The minimum Gasteiger partial charge on any atom is -0.494 e. The van der Waals surface area contributed by atoms with Crippen LogP contribution in [0.4, 0.5) is 4.39 Å². The van der Waals surface area contributed by atoms with Crippen molar-refractivity contribution < 1.29 is 9.13 Å². The van der Waals surface area contributed by atoms with Crippen LogP contribution < -0.4 is 4.74 Å². The zero-order valence-electron chi connectivity index (χ0n) is 12.9. The van der Waals surface area contributed by atoms with Gasteiger partial charge >= 0.3 is 0 Å². The molecule has 5 nitrogen and oxygen atoms in total. The third-order valence-corrected chi connectivity index (χ3v) is 3.56. The van der Waals surface area contributed by atoms with Gasteiger partial charge in [-0.15, -0.1) is 0 Å². The molecule has 1 N–H and O–H groups in total. The molecule has 2 aromatic carbocycles. The molecule has 0 aliphatic heterocycles. The molecule has 0 radical (unpaired) electrons. The van der Waals surface area contributed by atoms with Crippen LogP contribution in [0.25, 0.3) is 11.4 Å². The summed E-state index contributed by atoms with van der Waals surface area (Å²) < 4.78 is 20.9. The fourth-order valence-corrected chi connectivity index (χ4v) is 2.33. The normalized spacial score (nSPS) is 11.1. The summed E-state index contributed by atoms with van der Waals surface area (Å²) >= 11 is 5.20. The van der Waals surface area contributed by atoms with Crippen LogP contribution in [0, 0.1) is 10.6 Å². The maximum Gasteiger partial charge on any atom is 0.216 e. The topological polar surface area (TPSA) is 55.2 Å². The van der Waals surface area contributed by atoms with Crippen LogP contribution in [0.15, 0.2) is 53.6 Å². The number of aromatic nitrogens is 3. The molecule has 24 heavy (non-hydrogen) atoms. The lowest BCUT2D eigenvalue weighted by Gasteiger charge is -2.04. The van der Waals surface area contributed by atoms with Gasteiger partial charge in [0.1, 0.15) is 11.6 Å². The Hall–Kier alpha value is -2.80. The molecule has 0 spiro atoms. The number of hydrogen-bond donors (Lipinski definition) is 1. The predicted molar refractivity (Wildman–Crippen MR) is 93.4 cm³/mol. The number of aromatic amines is 1. The number of halogens is 1. The first kappa shape index (κ1) is 16.1. The van der Waals surface area contributed by atoms with Gasteiger partial charge in [0, 0.05) is 11.1 Å². The van der Waals surface area contributed by atoms with E-state index in [2.05, 4.69) is 15.3 Å². The number of hydrogen-bond acceptors (Lipinski definition) is 4. The second-order valence-corrected chi connectivity index (χ2v) is 5.27. The van der Waals surface area contributed by atoms with Gasteiger partial charge in [0.25, 0.3) is 0 Å². The molecule has 0 fully saturated rings. The quantitative estimate of drug-likeness (QED) is 0.563. The molecular weight excluding hydrogens is 327 g/mol. The van der Waals surface area contributed by atoms with E-state index in [1.165, 1.54) is 17.0 Å². The Morgan fingerprint density at radius 1 is 1.25 bits per heavy atom. The van der Waals surface area contributed by atoms with Crippen LogP contribution in [0.2, 0.25) is 0 Å². The lowest BCUT2D eigenvalue weighted by Crippen LogP contribution is -1.96. The van der Waals surface area contributed by atoms with Crippen molar-refractivity contribution in [1.29, 1.82) is 0 Å². The summed E-state index contributed by atoms with van der Waals surface area (Å²) in [6.07, 6.45) is 1.42. The van der Waals surface area contributed by atoms with Gasteiger partial charge in [-0.2, -0.15) is 14.9 Å². The standard InChI is InChI=1S/C17H15FN4OS/c1-2-23-14-9-7-12(8-10-14)16-20-21-17(24)22(16)19-11-13-5-3-4-6-15(13)18/h3-11H,2H2,1H3,(H,21,24)/b19-11-. The lowest BCUT2D eigenvalue weighted by molar-refractivity contribution is 0.340. The molecule has 3 rings (SSSR count). The number of nitrogens with zero attached hydrogens (tertiary/aromatic N) is 3. The van der Waals surface area contributed by atoms with E-state index in [1.807, 2.05) is 31.2 Å². The zero-order valence-corrected chi connectivity index (χ0v) is 13.8. The zero-order chi connectivity index (χ0) is 16.9. The van der Waals surface area contributed by atoms with E-state index in [0.29, 0.717) is 22.8 Å². The summed E-state index contributed by atoms with van der Waals surface area (Å²) in [7, 11) is 0. The molecule has 7 heteroatoms. The first-order valence-corrected chi connectivity index (χ1v) is 7.79. The number of ether oxygens (including phenoxy) is 1. The summed E-state index contributed by atoms with van der Waals surface area (Å²) in [5.74, 6) is 0.964. The lowest BCUT2D eigenvalue weighted by atomic mass is 10.2. The van der Waals surface area contributed by atoms with Crippen LogP contribution in [0.3, 0.4) is 0 Å². The van der Waals surface area contributed by atoms with Crippen LogP contribution in [-0.4, -0.2) is 27.7 Å². The van der Waals surface area contributed by atoms with Gasteiger partial charge in [-0.1, -0.05) is 18.2 Å². The van der Waals surface area contributed by atoms with Crippen LogP contribution in [0.1, 0.15) is 12.5 Å². The number of nitrogens with one attached hydrogen (secondary N) is 1. The minimum absolute atomic E-state index is 0.325. The molecule has 122 valence electrons. The van der Waals surface area contributed by atoms with Gasteiger partial charge in [-0.25, -0.2) is 9.49 Å². The fraction of sp³-hybridized carbons (Fsp3) is 0.118. The largest absolute Gasteiger partial charge is 0.494 e. The second kappa shape index (κ2) is 7.18. The molecule has 0 unspecified atom stereocenters. The van der Waals surface area contributed by atoms with Crippen LogP contribution >= 0.6 is 12.2 Å². The SMILES string of the molecule is CCOc1ccc(-c2n[nH]c(=S)n2/N=C\c2ccccc2F)cc1. The van der Waals surface area contributed by atoms with Gasteiger partial charge in [0.05, 0.1) is 12.8 Å². The highest BCUT2D eigenvalue weighted by atomic mass is 32.1. The van der Waals surface area contributed by atoms with E-state index in [0.717, 1.165) is 11.3 Å². The molecule has 0 saturated carbocycles. The van der Waals surface area contributed by atoms with E-state index in [9.17, 15) is 4.39 Å². The molecule has 0 amide bonds.